The zero-order chi connectivity index (χ0) is 18.0. The number of allylic oxidation sites excluding steroid dienone is 1. The topological polar surface area (TPSA) is 74.6 Å². The number of aliphatic carboxylic acids is 2. The average molecular weight is 341 g/mol. The van der Waals surface area contributed by atoms with Crippen LogP contribution in [0, 0.1) is 5.92 Å². The van der Waals surface area contributed by atoms with Gasteiger partial charge in [-0.25, -0.2) is 0 Å². The van der Waals surface area contributed by atoms with Gasteiger partial charge in [-0.2, -0.15) is 0 Å². The molecule has 4 nitrogen and oxygen atoms in total. The summed E-state index contributed by atoms with van der Waals surface area (Å²) in [4.78, 5) is 21.4. The summed E-state index contributed by atoms with van der Waals surface area (Å²) < 4.78 is 0. The molecular formula is C20H36O4. The van der Waals surface area contributed by atoms with Crippen LogP contribution in [0.1, 0.15) is 96.8 Å². The summed E-state index contributed by atoms with van der Waals surface area (Å²) in [6, 6.07) is 0. The number of unbranched alkanes of at least 4 members (excludes halogenated alkanes) is 13. The van der Waals surface area contributed by atoms with Gasteiger partial charge in [-0.3, -0.25) is 9.59 Å². The first-order chi connectivity index (χ1) is 11.6. The highest BCUT2D eigenvalue weighted by atomic mass is 16.4. The predicted octanol–water partition coefficient (Wildman–Crippen LogP) is 5.81. The molecule has 0 aliphatic heterocycles. The third-order valence-electron chi connectivity index (χ3n) is 4.33. The van der Waals surface area contributed by atoms with Crippen molar-refractivity contribution in [3.8, 4) is 0 Å². The first-order valence-electron chi connectivity index (χ1n) is 9.71. The molecule has 140 valence electrons. The van der Waals surface area contributed by atoms with Crippen LogP contribution >= 0.6 is 0 Å². The van der Waals surface area contributed by atoms with Gasteiger partial charge in [0.1, 0.15) is 0 Å². The van der Waals surface area contributed by atoms with E-state index in [2.05, 4.69) is 6.92 Å². The molecular weight excluding hydrogens is 304 g/mol. The Labute approximate surface area is 147 Å². The van der Waals surface area contributed by atoms with Crippen LogP contribution in [0.5, 0.6) is 0 Å². The summed E-state index contributed by atoms with van der Waals surface area (Å²) in [6.45, 7) is 2.25. The lowest BCUT2D eigenvalue weighted by Crippen LogP contribution is -2.20. The smallest absolute Gasteiger partial charge is 0.321 e. The molecule has 2 N–H and O–H groups in total. The van der Waals surface area contributed by atoms with E-state index in [9.17, 15) is 9.59 Å². The molecule has 0 bridgehead atoms. The fourth-order valence-corrected chi connectivity index (χ4v) is 2.78. The minimum Gasteiger partial charge on any atom is -0.480 e. The summed E-state index contributed by atoms with van der Waals surface area (Å²) in [5, 5.41) is 17.5. The molecule has 0 atom stereocenters. The molecule has 0 radical (unpaired) electrons. The van der Waals surface area contributed by atoms with Crippen LogP contribution < -0.4 is 0 Å². The molecule has 0 aromatic rings. The predicted molar refractivity (Wildman–Crippen MR) is 98.2 cm³/mol. The highest BCUT2D eigenvalue weighted by molar-refractivity contribution is 5.94. The van der Waals surface area contributed by atoms with Gasteiger partial charge in [0.15, 0.2) is 5.92 Å². The molecule has 0 fully saturated rings. The van der Waals surface area contributed by atoms with Crippen molar-refractivity contribution in [1.82, 2.24) is 0 Å². The monoisotopic (exact) mass is 340 g/mol. The van der Waals surface area contributed by atoms with Gasteiger partial charge in [-0.15, -0.1) is 0 Å². The molecule has 0 saturated carbocycles. The first-order valence-corrected chi connectivity index (χ1v) is 9.71. The number of rotatable bonds is 17. The molecule has 0 rings (SSSR count). The second kappa shape index (κ2) is 16.5. The van der Waals surface area contributed by atoms with Gasteiger partial charge in [0.05, 0.1) is 0 Å². The highest BCUT2D eigenvalue weighted by Crippen LogP contribution is 2.13. The van der Waals surface area contributed by atoms with E-state index >= 15 is 0 Å². The van der Waals surface area contributed by atoms with Crippen LogP contribution in [0.4, 0.5) is 0 Å². The van der Waals surface area contributed by atoms with Gasteiger partial charge in [0.2, 0.25) is 0 Å². The van der Waals surface area contributed by atoms with Crippen molar-refractivity contribution in [3.05, 3.63) is 12.2 Å². The van der Waals surface area contributed by atoms with Crippen molar-refractivity contribution < 1.29 is 19.8 Å². The van der Waals surface area contributed by atoms with Crippen molar-refractivity contribution in [2.24, 2.45) is 5.92 Å². The number of hydrogen-bond acceptors (Lipinski definition) is 2. The molecule has 0 aromatic heterocycles. The molecule has 0 amide bonds. The van der Waals surface area contributed by atoms with Crippen LogP contribution in [0.25, 0.3) is 0 Å². The zero-order valence-electron chi connectivity index (χ0n) is 15.3. The molecule has 4 heteroatoms. The normalized spacial score (nSPS) is 11.4. The van der Waals surface area contributed by atoms with Crippen molar-refractivity contribution in [1.29, 1.82) is 0 Å². The minimum absolute atomic E-state index is 0.759. The molecule has 0 aliphatic carbocycles. The van der Waals surface area contributed by atoms with Crippen LogP contribution in [0.2, 0.25) is 0 Å². The van der Waals surface area contributed by atoms with E-state index in [0.717, 1.165) is 19.3 Å². The fourth-order valence-electron chi connectivity index (χ4n) is 2.78. The summed E-state index contributed by atoms with van der Waals surface area (Å²) in [5.41, 5.74) is 0. The quantitative estimate of drug-likeness (QED) is 0.199. The summed E-state index contributed by atoms with van der Waals surface area (Å²) in [5.74, 6) is -4.01. The fraction of sp³-hybridized carbons (Fsp3) is 0.800. The Kier molecular flexibility index (Phi) is 15.6. The molecule has 0 aromatic carbocycles. The van der Waals surface area contributed by atoms with Gasteiger partial charge in [-0.1, -0.05) is 96.1 Å². The Morgan fingerprint density at radius 1 is 0.708 bits per heavy atom. The minimum atomic E-state index is -1.41. The Balaban J connectivity index is 3.33. The van der Waals surface area contributed by atoms with Gasteiger partial charge < -0.3 is 10.2 Å². The number of carboxylic acids is 2. The van der Waals surface area contributed by atoms with E-state index in [1.807, 2.05) is 0 Å². The lowest BCUT2D eigenvalue weighted by molar-refractivity contribution is -0.151. The molecule has 0 heterocycles. The lowest BCUT2D eigenvalue weighted by atomic mass is 10.0. The Bertz CT molecular complexity index is 336. The zero-order valence-corrected chi connectivity index (χ0v) is 15.3. The molecule has 24 heavy (non-hydrogen) atoms. The third-order valence-corrected chi connectivity index (χ3v) is 4.33. The van der Waals surface area contributed by atoms with E-state index < -0.39 is 17.9 Å². The second-order valence-corrected chi connectivity index (χ2v) is 6.61. The van der Waals surface area contributed by atoms with Crippen molar-refractivity contribution >= 4 is 11.9 Å². The molecule has 0 saturated heterocycles. The number of hydrogen-bond donors (Lipinski definition) is 2. The average Bonchev–Trinajstić information content (AvgIpc) is 2.53. The maximum absolute atomic E-state index is 10.7. The van der Waals surface area contributed by atoms with E-state index in [0.29, 0.717) is 0 Å². The molecule has 0 unspecified atom stereocenters. The lowest BCUT2D eigenvalue weighted by Gasteiger charge is -2.03. The van der Waals surface area contributed by atoms with Gasteiger partial charge in [-0.05, 0) is 12.8 Å². The standard InChI is InChI=1S/C20H36O4/c1-2-3-4-5-6-7-8-9-10-11-12-13-14-15-16-17-18(19(21)22)20(23)24/h16-18H,2-15H2,1H3,(H,21,22)(H,23,24)/b17-16+. The van der Waals surface area contributed by atoms with E-state index in [4.69, 9.17) is 10.2 Å². The Hall–Kier alpha value is -1.32. The van der Waals surface area contributed by atoms with Gasteiger partial charge >= 0.3 is 11.9 Å². The second-order valence-electron chi connectivity index (χ2n) is 6.61. The van der Waals surface area contributed by atoms with E-state index in [-0.39, 0.29) is 0 Å². The SMILES string of the molecule is CCCCCCCCCCCCCCC/C=C/C(C(=O)O)C(=O)O. The van der Waals surface area contributed by atoms with E-state index in [1.54, 1.807) is 6.08 Å². The third kappa shape index (κ3) is 14.3. The Morgan fingerprint density at radius 2 is 1.08 bits per heavy atom. The molecule has 0 spiro atoms. The van der Waals surface area contributed by atoms with Crippen LogP contribution in [0.15, 0.2) is 12.2 Å². The summed E-state index contributed by atoms with van der Waals surface area (Å²) >= 11 is 0. The van der Waals surface area contributed by atoms with Crippen LogP contribution in [-0.4, -0.2) is 22.2 Å². The van der Waals surface area contributed by atoms with Crippen LogP contribution in [-0.2, 0) is 9.59 Å². The Morgan fingerprint density at radius 3 is 1.46 bits per heavy atom. The summed E-state index contributed by atoms with van der Waals surface area (Å²) in [7, 11) is 0. The van der Waals surface area contributed by atoms with Gasteiger partial charge in [0.25, 0.3) is 0 Å². The number of carbonyl (C=O) groups is 2. The molecule has 0 aliphatic rings. The maximum atomic E-state index is 10.7. The van der Waals surface area contributed by atoms with Crippen molar-refractivity contribution in [2.75, 3.05) is 0 Å². The summed E-state index contributed by atoms with van der Waals surface area (Å²) in [6.07, 6.45) is 20.6. The first kappa shape index (κ1) is 22.7. The number of carboxylic acid groups (broad SMARTS) is 2. The van der Waals surface area contributed by atoms with Crippen molar-refractivity contribution in [3.63, 3.8) is 0 Å². The van der Waals surface area contributed by atoms with Crippen molar-refractivity contribution in [2.45, 2.75) is 96.8 Å². The highest BCUT2D eigenvalue weighted by Gasteiger charge is 2.21. The van der Waals surface area contributed by atoms with E-state index in [1.165, 1.54) is 76.7 Å². The largest absolute Gasteiger partial charge is 0.480 e. The van der Waals surface area contributed by atoms with Gasteiger partial charge in [0, 0.05) is 0 Å². The van der Waals surface area contributed by atoms with Crippen LogP contribution in [0.3, 0.4) is 0 Å². The maximum Gasteiger partial charge on any atom is 0.321 e.